The molecular weight excluding hydrogens is 462 g/mol. The molecule has 3 aromatic rings. The summed E-state index contributed by atoms with van der Waals surface area (Å²) in [4.78, 5) is 23.5. The van der Waals surface area contributed by atoms with Crippen molar-refractivity contribution >= 4 is 17.7 Å². The molecule has 0 N–H and O–H groups in total. The third-order valence-corrected chi connectivity index (χ3v) is 6.03. The van der Waals surface area contributed by atoms with Crippen molar-refractivity contribution in [1.82, 2.24) is 19.9 Å². The van der Waals surface area contributed by atoms with E-state index in [-0.39, 0.29) is 11.6 Å². The number of aryl methyl sites for hydroxylation is 1. The SMILES string of the molecule is CCN(CC)c1nc(-c2ccc(F)c(C)c2)nc(N2CCN(c3ncccc3C(F)(F)F)CC2)n1. The van der Waals surface area contributed by atoms with Crippen LogP contribution in [0.5, 0.6) is 0 Å². The largest absolute Gasteiger partial charge is 0.419 e. The summed E-state index contributed by atoms with van der Waals surface area (Å²) < 4.78 is 54.2. The second-order valence-corrected chi connectivity index (χ2v) is 8.24. The lowest BCUT2D eigenvalue weighted by atomic mass is 10.1. The Morgan fingerprint density at radius 3 is 2.26 bits per heavy atom. The van der Waals surface area contributed by atoms with Crippen LogP contribution in [0.3, 0.4) is 0 Å². The van der Waals surface area contributed by atoms with Gasteiger partial charge in [0.15, 0.2) is 5.82 Å². The second-order valence-electron chi connectivity index (χ2n) is 8.24. The van der Waals surface area contributed by atoms with Gasteiger partial charge in [0.25, 0.3) is 0 Å². The van der Waals surface area contributed by atoms with E-state index in [0.29, 0.717) is 68.1 Å². The van der Waals surface area contributed by atoms with Crippen molar-refractivity contribution in [3.05, 3.63) is 53.5 Å². The molecule has 2 aromatic heterocycles. The highest BCUT2D eigenvalue weighted by Crippen LogP contribution is 2.35. The number of rotatable bonds is 6. The Balaban J connectivity index is 1.63. The first-order valence-electron chi connectivity index (χ1n) is 11.5. The zero-order valence-corrected chi connectivity index (χ0v) is 19.8. The van der Waals surface area contributed by atoms with Gasteiger partial charge >= 0.3 is 6.18 Å². The fourth-order valence-corrected chi connectivity index (χ4v) is 4.04. The quantitative estimate of drug-likeness (QED) is 0.470. The van der Waals surface area contributed by atoms with Crippen LogP contribution < -0.4 is 14.7 Å². The first-order valence-corrected chi connectivity index (χ1v) is 11.5. The predicted molar refractivity (Wildman–Crippen MR) is 127 cm³/mol. The average molecular weight is 490 g/mol. The van der Waals surface area contributed by atoms with Crippen LogP contribution in [0.15, 0.2) is 36.5 Å². The highest BCUT2D eigenvalue weighted by atomic mass is 19.4. The lowest BCUT2D eigenvalue weighted by Gasteiger charge is -2.36. The third kappa shape index (κ3) is 5.28. The summed E-state index contributed by atoms with van der Waals surface area (Å²) in [5, 5.41) is 0. The van der Waals surface area contributed by atoms with Crippen molar-refractivity contribution in [2.75, 3.05) is 54.0 Å². The zero-order chi connectivity index (χ0) is 25.2. The lowest BCUT2D eigenvalue weighted by molar-refractivity contribution is -0.137. The van der Waals surface area contributed by atoms with Gasteiger partial charge in [-0.05, 0) is 56.7 Å². The maximum absolute atomic E-state index is 13.8. The van der Waals surface area contributed by atoms with Crippen LogP contribution in [0.4, 0.5) is 35.3 Å². The molecule has 0 atom stereocenters. The van der Waals surface area contributed by atoms with Gasteiger partial charge in [-0.15, -0.1) is 0 Å². The Kier molecular flexibility index (Phi) is 7.04. The van der Waals surface area contributed by atoms with Gasteiger partial charge in [0.1, 0.15) is 11.6 Å². The van der Waals surface area contributed by atoms with Crippen LogP contribution in [0, 0.1) is 12.7 Å². The normalized spacial score (nSPS) is 14.4. The summed E-state index contributed by atoms with van der Waals surface area (Å²) in [6.07, 6.45) is -3.11. The number of hydrogen-bond acceptors (Lipinski definition) is 7. The van der Waals surface area contributed by atoms with E-state index in [1.807, 2.05) is 23.6 Å². The first kappa shape index (κ1) is 24.6. The minimum atomic E-state index is -4.48. The van der Waals surface area contributed by atoms with Crippen molar-refractivity contribution in [2.45, 2.75) is 26.9 Å². The molecule has 1 fully saturated rings. The number of pyridine rings is 1. The van der Waals surface area contributed by atoms with E-state index < -0.39 is 11.7 Å². The summed E-state index contributed by atoms with van der Waals surface area (Å²) in [5.74, 6) is 0.989. The van der Waals surface area contributed by atoms with Gasteiger partial charge in [0.2, 0.25) is 11.9 Å². The smallest absolute Gasteiger partial charge is 0.353 e. The molecule has 0 aliphatic carbocycles. The molecule has 0 spiro atoms. The van der Waals surface area contributed by atoms with Crippen molar-refractivity contribution in [3.8, 4) is 11.4 Å². The Morgan fingerprint density at radius 1 is 0.943 bits per heavy atom. The summed E-state index contributed by atoms with van der Waals surface area (Å²) in [5.41, 5.74) is 0.410. The molecular formula is C24H27F4N7. The van der Waals surface area contributed by atoms with Crippen molar-refractivity contribution in [1.29, 1.82) is 0 Å². The van der Waals surface area contributed by atoms with Crippen LogP contribution in [0.2, 0.25) is 0 Å². The van der Waals surface area contributed by atoms with E-state index in [9.17, 15) is 17.6 Å². The molecule has 186 valence electrons. The van der Waals surface area contributed by atoms with E-state index >= 15 is 0 Å². The lowest BCUT2D eigenvalue weighted by Crippen LogP contribution is -2.48. The fourth-order valence-electron chi connectivity index (χ4n) is 4.04. The van der Waals surface area contributed by atoms with Gasteiger partial charge < -0.3 is 14.7 Å². The third-order valence-electron chi connectivity index (χ3n) is 6.03. The van der Waals surface area contributed by atoms with E-state index in [0.717, 1.165) is 6.07 Å². The maximum Gasteiger partial charge on any atom is 0.419 e. The summed E-state index contributed by atoms with van der Waals surface area (Å²) in [7, 11) is 0. The predicted octanol–water partition coefficient (Wildman–Crippen LogP) is 4.57. The number of hydrogen-bond donors (Lipinski definition) is 0. The van der Waals surface area contributed by atoms with Gasteiger partial charge in [0, 0.05) is 51.0 Å². The van der Waals surface area contributed by atoms with Gasteiger partial charge in [-0.25, -0.2) is 9.37 Å². The molecule has 0 unspecified atom stereocenters. The molecule has 0 radical (unpaired) electrons. The molecule has 35 heavy (non-hydrogen) atoms. The molecule has 1 aromatic carbocycles. The monoisotopic (exact) mass is 489 g/mol. The summed E-state index contributed by atoms with van der Waals surface area (Å²) >= 11 is 0. The van der Waals surface area contributed by atoms with Gasteiger partial charge in [0.05, 0.1) is 5.56 Å². The van der Waals surface area contributed by atoms with Gasteiger partial charge in [-0.1, -0.05) is 0 Å². The van der Waals surface area contributed by atoms with Crippen LogP contribution >= 0.6 is 0 Å². The number of anilines is 3. The Hall–Kier alpha value is -3.50. The number of aromatic nitrogens is 4. The molecule has 1 aliphatic rings. The molecule has 0 bridgehead atoms. The number of halogens is 4. The molecule has 4 rings (SSSR count). The van der Waals surface area contributed by atoms with Crippen molar-refractivity contribution in [2.24, 2.45) is 0 Å². The standard InChI is InChI=1S/C24H27F4N7/c1-4-33(5-2)22-30-20(17-8-9-19(25)16(3)15-17)31-23(32-22)35-13-11-34(12-14-35)21-18(24(26,27)28)7-6-10-29-21/h6-10,15H,4-5,11-14H2,1-3H3. The van der Waals surface area contributed by atoms with Crippen molar-refractivity contribution < 1.29 is 17.6 Å². The van der Waals surface area contributed by atoms with Crippen molar-refractivity contribution in [3.63, 3.8) is 0 Å². The number of benzene rings is 1. The van der Waals surface area contributed by atoms with Gasteiger partial charge in [-0.2, -0.15) is 28.1 Å². The van der Waals surface area contributed by atoms with Crippen LogP contribution in [-0.2, 0) is 6.18 Å². The molecule has 1 aliphatic heterocycles. The van der Waals surface area contributed by atoms with E-state index in [1.165, 1.54) is 18.3 Å². The van der Waals surface area contributed by atoms with Crippen LogP contribution in [0.25, 0.3) is 11.4 Å². The van der Waals surface area contributed by atoms with Gasteiger partial charge in [-0.3, -0.25) is 0 Å². The summed E-state index contributed by atoms with van der Waals surface area (Å²) in [6.45, 7) is 8.55. The Labute approximate surface area is 201 Å². The average Bonchev–Trinajstić information content (AvgIpc) is 2.86. The van der Waals surface area contributed by atoms with E-state index in [1.54, 1.807) is 24.0 Å². The molecule has 7 nitrogen and oxygen atoms in total. The van der Waals surface area contributed by atoms with Crippen LogP contribution in [-0.4, -0.2) is 59.2 Å². The molecule has 11 heteroatoms. The maximum atomic E-state index is 13.8. The van der Waals surface area contributed by atoms with E-state index in [2.05, 4.69) is 19.9 Å². The van der Waals surface area contributed by atoms with Crippen LogP contribution in [0.1, 0.15) is 25.0 Å². The highest BCUT2D eigenvalue weighted by Gasteiger charge is 2.36. The molecule has 3 heterocycles. The number of piperazine rings is 1. The molecule has 1 saturated heterocycles. The Morgan fingerprint density at radius 2 is 1.63 bits per heavy atom. The number of alkyl halides is 3. The topological polar surface area (TPSA) is 61.3 Å². The minimum Gasteiger partial charge on any atom is -0.353 e. The molecule has 0 amide bonds. The zero-order valence-electron chi connectivity index (χ0n) is 19.8. The first-order chi connectivity index (χ1) is 16.7. The molecule has 0 saturated carbocycles. The second kappa shape index (κ2) is 10.0. The number of nitrogens with zero attached hydrogens (tertiary/aromatic N) is 7. The minimum absolute atomic E-state index is 0.0680. The summed E-state index contributed by atoms with van der Waals surface area (Å²) in [6, 6.07) is 7.05. The Bertz CT molecular complexity index is 1170. The fraction of sp³-hybridized carbons (Fsp3) is 0.417. The highest BCUT2D eigenvalue weighted by molar-refractivity contribution is 5.60. The van der Waals surface area contributed by atoms with E-state index in [4.69, 9.17) is 0 Å².